The van der Waals surface area contributed by atoms with Crippen LogP contribution < -0.4 is 15.4 Å². The number of hydrogen-bond acceptors (Lipinski definition) is 5. The molecule has 1 spiro atoms. The van der Waals surface area contributed by atoms with E-state index in [0.717, 1.165) is 19.3 Å². The van der Waals surface area contributed by atoms with E-state index in [1.165, 1.54) is 6.42 Å². The molecule has 1 saturated carbocycles. The number of carbonyl (C=O) groups excluding carboxylic acids is 3. The number of fused-ring (bicyclic) bond motifs is 1. The lowest BCUT2D eigenvalue weighted by molar-refractivity contribution is -0.143. The van der Waals surface area contributed by atoms with E-state index in [1.54, 1.807) is 36.3 Å². The van der Waals surface area contributed by atoms with E-state index in [4.69, 9.17) is 9.47 Å². The minimum Gasteiger partial charge on any atom is -0.497 e. The van der Waals surface area contributed by atoms with Crippen LogP contribution in [0, 0.1) is 17.8 Å². The van der Waals surface area contributed by atoms with Gasteiger partial charge in [0.2, 0.25) is 17.7 Å². The molecule has 3 fully saturated rings. The molecule has 0 aromatic heterocycles. The summed E-state index contributed by atoms with van der Waals surface area (Å²) >= 11 is 0. The first-order chi connectivity index (χ1) is 17.3. The normalized spacial score (nSPS) is 35.4. The third-order valence-electron chi connectivity index (χ3n) is 8.71. The molecule has 0 radical (unpaired) electrons. The molecule has 4 aliphatic rings. The standard InChI is InChI=1S/C28H37N3O5/c1-5-17(3)31-24(26(33)30-20-12-7-6-9-16(20)2)28-14-13-21(36-28)22(23(28)27(31)34)25(32)29-18-10-8-11-19(15-18)35-4/h8,10-11,13-17,20-24H,5-7,9,12H2,1-4H3,(H,29,32)(H,30,33)/t16-,17-,20+,21+,22+,23+,24-,28-/m0/s1. The molecule has 5 rings (SSSR count). The van der Waals surface area contributed by atoms with Crippen molar-refractivity contribution in [3.8, 4) is 5.75 Å². The lowest BCUT2D eigenvalue weighted by atomic mass is 9.74. The van der Waals surface area contributed by atoms with Crippen molar-refractivity contribution in [2.24, 2.45) is 17.8 Å². The van der Waals surface area contributed by atoms with Gasteiger partial charge in [-0.3, -0.25) is 14.4 Å². The number of ether oxygens (including phenoxy) is 2. The number of likely N-dealkylation sites (tertiary alicyclic amines) is 1. The van der Waals surface area contributed by atoms with Crippen LogP contribution in [0.25, 0.3) is 0 Å². The molecule has 1 aliphatic carbocycles. The van der Waals surface area contributed by atoms with Crippen molar-refractivity contribution in [2.45, 2.75) is 82.7 Å². The summed E-state index contributed by atoms with van der Waals surface area (Å²) in [4.78, 5) is 43.0. The predicted octanol–water partition coefficient (Wildman–Crippen LogP) is 3.28. The van der Waals surface area contributed by atoms with Crippen LogP contribution in [0.2, 0.25) is 0 Å². The number of carbonyl (C=O) groups is 3. The Labute approximate surface area is 212 Å². The Balaban J connectivity index is 1.44. The first kappa shape index (κ1) is 24.8. The second-order valence-corrected chi connectivity index (χ2v) is 10.8. The van der Waals surface area contributed by atoms with E-state index in [9.17, 15) is 14.4 Å². The van der Waals surface area contributed by atoms with Gasteiger partial charge >= 0.3 is 0 Å². The molecule has 36 heavy (non-hydrogen) atoms. The highest BCUT2D eigenvalue weighted by atomic mass is 16.5. The lowest BCUT2D eigenvalue weighted by Crippen LogP contribution is -2.58. The molecule has 3 heterocycles. The minimum absolute atomic E-state index is 0.0883. The topological polar surface area (TPSA) is 97.0 Å². The quantitative estimate of drug-likeness (QED) is 0.566. The fourth-order valence-corrected chi connectivity index (χ4v) is 6.60. The van der Waals surface area contributed by atoms with Gasteiger partial charge in [-0.05, 0) is 44.2 Å². The molecular formula is C28H37N3O5. The highest BCUT2D eigenvalue weighted by molar-refractivity contribution is 6.03. The number of methoxy groups -OCH3 is 1. The first-order valence-electron chi connectivity index (χ1n) is 13.2. The molecule has 2 bridgehead atoms. The highest BCUT2D eigenvalue weighted by Gasteiger charge is 2.73. The van der Waals surface area contributed by atoms with Gasteiger partial charge in [0.1, 0.15) is 17.4 Å². The van der Waals surface area contributed by atoms with Crippen molar-refractivity contribution in [2.75, 3.05) is 12.4 Å². The van der Waals surface area contributed by atoms with Gasteiger partial charge in [0.25, 0.3) is 0 Å². The number of amides is 3. The number of rotatable bonds is 7. The molecule has 2 N–H and O–H groups in total. The fraction of sp³-hybridized carbons (Fsp3) is 0.607. The minimum atomic E-state index is -1.14. The molecular weight excluding hydrogens is 458 g/mol. The summed E-state index contributed by atoms with van der Waals surface area (Å²) < 4.78 is 11.7. The molecule has 0 unspecified atom stereocenters. The first-order valence-corrected chi connectivity index (χ1v) is 13.2. The lowest BCUT2D eigenvalue weighted by Gasteiger charge is -2.37. The summed E-state index contributed by atoms with van der Waals surface area (Å²) in [6.45, 7) is 6.14. The van der Waals surface area contributed by atoms with Crippen LogP contribution in [-0.2, 0) is 19.1 Å². The molecule has 3 aliphatic heterocycles. The van der Waals surface area contributed by atoms with Gasteiger partial charge in [0.15, 0.2) is 0 Å². The molecule has 1 aromatic carbocycles. The Morgan fingerprint density at radius 3 is 2.75 bits per heavy atom. The van der Waals surface area contributed by atoms with Crippen molar-refractivity contribution in [3.05, 3.63) is 36.4 Å². The van der Waals surface area contributed by atoms with Crippen LogP contribution in [0.15, 0.2) is 36.4 Å². The average molecular weight is 496 g/mol. The van der Waals surface area contributed by atoms with E-state index in [-0.39, 0.29) is 29.8 Å². The van der Waals surface area contributed by atoms with Gasteiger partial charge in [-0.25, -0.2) is 0 Å². The van der Waals surface area contributed by atoms with Crippen LogP contribution in [0.4, 0.5) is 5.69 Å². The third-order valence-corrected chi connectivity index (χ3v) is 8.71. The number of nitrogens with zero attached hydrogens (tertiary/aromatic N) is 1. The van der Waals surface area contributed by atoms with E-state index in [1.807, 2.05) is 26.0 Å². The SMILES string of the molecule is CC[C@H](C)N1C(=O)[C@H]2[C@H](C(=O)Nc3cccc(OC)c3)[C@H]3C=C[C@@]2(O3)[C@@H]1C(=O)N[C@@H]1CCCC[C@@H]1C. The summed E-state index contributed by atoms with van der Waals surface area (Å²) in [5.41, 5.74) is -0.547. The van der Waals surface area contributed by atoms with Crippen LogP contribution in [0.3, 0.4) is 0 Å². The highest BCUT2D eigenvalue weighted by Crippen LogP contribution is 2.55. The summed E-state index contributed by atoms with van der Waals surface area (Å²) in [5, 5.41) is 6.21. The molecule has 2 saturated heterocycles. The maximum absolute atomic E-state index is 13.9. The number of nitrogens with one attached hydrogen (secondary N) is 2. The number of benzene rings is 1. The van der Waals surface area contributed by atoms with Crippen molar-refractivity contribution in [3.63, 3.8) is 0 Å². The van der Waals surface area contributed by atoms with Crippen molar-refractivity contribution in [1.29, 1.82) is 0 Å². The van der Waals surface area contributed by atoms with Gasteiger partial charge < -0.3 is 25.0 Å². The largest absolute Gasteiger partial charge is 0.497 e. The zero-order chi connectivity index (χ0) is 25.6. The monoisotopic (exact) mass is 495 g/mol. The Hall–Kier alpha value is -2.87. The predicted molar refractivity (Wildman–Crippen MR) is 135 cm³/mol. The van der Waals surface area contributed by atoms with Gasteiger partial charge in [0, 0.05) is 23.8 Å². The molecule has 8 heteroatoms. The van der Waals surface area contributed by atoms with Gasteiger partial charge in [-0.2, -0.15) is 0 Å². The summed E-state index contributed by atoms with van der Waals surface area (Å²) in [5.74, 6) is -1.09. The summed E-state index contributed by atoms with van der Waals surface area (Å²) in [6, 6.07) is 6.25. The smallest absolute Gasteiger partial charge is 0.246 e. The van der Waals surface area contributed by atoms with Crippen molar-refractivity contribution < 1.29 is 23.9 Å². The average Bonchev–Trinajstić information content (AvgIpc) is 3.52. The van der Waals surface area contributed by atoms with Crippen LogP contribution in [0.5, 0.6) is 5.75 Å². The van der Waals surface area contributed by atoms with Crippen LogP contribution in [0.1, 0.15) is 52.9 Å². The molecule has 8 nitrogen and oxygen atoms in total. The second-order valence-electron chi connectivity index (χ2n) is 10.8. The summed E-state index contributed by atoms with van der Waals surface area (Å²) in [6.07, 6.45) is 8.17. The molecule has 194 valence electrons. The Morgan fingerprint density at radius 2 is 2.03 bits per heavy atom. The second kappa shape index (κ2) is 9.54. The zero-order valence-corrected chi connectivity index (χ0v) is 21.5. The van der Waals surface area contributed by atoms with E-state index in [2.05, 4.69) is 17.6 Å². The Morgan fingerprint density at radius 1 is 1.25 bits per heavy atom. The summed E-state index contributed by atoms with van der Waals surface area (Å²) in [7, 11) is 1.57. The van der Waals surface area contributed by atoms with Crippen LogP contribution in [-0.4, -0.2) is 59.6 Å². The van der Waals surface area contributed by atoms with E-state index >= 15 is 0 Å². The van der Waals surface area contributed by atoms with E-state index < -0.39 is 29.6 Å². The Bertz CT molecular complexity index is 1070. The van der Waals surface area contributed by atoms with Crippen molar-refractivity contribution in [1.82, 2.24) is 10.2 Å². The van der Waals surface area contributed by atoms with Gasteiger partial charge in [-0.15, -0.1) is 0 Å². The zero-order valence-electron chi connectivity index (χ0n) is 21.5. The van der Waals surface area contributed by atoms with Crippen LogP contribution >= 0.6 is 0 Å². The third kappa shape index (κ3) is 3.90. The fourth-order valence-electron chi connectivity index (χ4n) is 6.60. The molecule has 8 atom stereocenters. The maximum Gasteiger partial charge on any atom is 0.246 e. The van der Waals surface area contributed by atoms with Crippen molar-refractivity contribution >= 4 is 23.4 Å². The van der Waals surface area contributed by atoms with Gasteiger partial charge in [0.05, 0.1) is 25.0 Å². The maximum atomic E-state index is 13.9. The van der Waals surface area contributed by atoms with E-state index in [0.29, 0.717) is 23.8 Å². The molecule has 3 amide bonds. The number of hydrogen-bond donors (Lipinski definition) is 2. The number of anilines is 1. The van der Waals surface area contributed by atoms with Gasteiger partial charge in [-0.1, -0.05) is 44.9 Å². The Kier molecular flexibility index (Phi) is 6.57. The molecule has 1 aromatic rings.